The van der Waals surface area contributed by atoms with Gasteiger partial charge in [-0.2, -0.15) is 0 Å². The molecule has 0 aromatic rings. The van der Waals surface area contributed by atoms with Crippen molar-refractivity contribution in [2.45, 2.75) is 44.2 Å². The van der Waals surface area contributed by atoms with E-state index in [1.165, 1.54) is 0 Å². The molecule has 4 aliphatic rings. The zero-order valence-corrected chi connectivity index (χ0v) is 11.3. The minimum atomic E-state index is 0.0532. The van der Waals surface area contributed by atoms with E-state index in [0.29, 0.717) is 17.9 Å². The number of nitrogens with zero attached hydrogens (tertiary/aromatic N) is 2. The molecular formula is C15H22N2O2. The van der Waals surface area contributed by atoms with Crippen LogP contribution in [0.25, 0.3) is 0 Å². The summed E-state index contributed by atoms with van der Waals surface area (Å²) in [6.07, 6.45) is 9.07. The van der Waals surface area contributed by atoms with Gasteiger partial charge in [0.25, 0.3) is 0 Å². The Morgan fingerprint density at radius 2 is 2.05 bits per heavy atom. The Kier molecular flexibility index (Phi) is 2.55. The molecule has 0 spiro atoms. The fraction of sp³-hybridized carbons (Fsp3) is 0.800. The van der Waals surface area contributed by atoms with E-state index in [2.05, 4.69) is 4.90 Å². The molecule has 1 unspecified atom stereocenters. The van der Waals surface area contributed by atoms with Gasteiger partial charge in [0, 0.05) is 24.4 Å². The first-order valence-electron chi connectivity index (χ1n) is 7.74. The quantitative estimate of drug-likeness (QED) is 0.492. The van der Waals surface area contributed by atoms with Gasteiger partial charge < -0.3 is 14.8 Å². The summed E-state index contributed by atoms with van der Waals surface area (Å²) < 4.78 is 0.0532. The van der Waals surface area contributed by atoms with Gasteiger partial charge in [-0.3, -0.25) is 4.79 Å². The standard InChI is InChI=1S/C15H22N2O2/c18-14-7-1-6-13-12-5-3-9-17(19)8-2-4-11(15(12)17)10-16(13)14/h1,7,11-13,15H,2-6,8-10H2/t11-,12-,13+,15+,17?/m1/s1. The Labute approximate surface area is 114 Å². The van der Waals surface area contributed by atoms with Gasteiger partial charge in [-0.15, -0.1) is 0 Å². The molecule has 0 aliphatic carbocycles. The van der Waals surface area contributed by atoms with Crippen molar-refractivity contribution in [1.29, 1.82) is 0 Å². The Morgan fingerprint density at radius 1 is 1.26 bits per heavy atom. The topological polar surface area (TPSA) is 43.4 Å². The lowest BCUT2D eigenvalue weighted by molar-refractivity contribution is -0.925. The summed E-state index contributed by atoms with van der Waals surface area (Å²) in [6.45, 7) is 2.46. The largest absolute Gasteiger partial charge is 0.633 e. The lowest BCUT2D eigenvalue weighted by Gasteiger charge is -2.64. The predicted octanol–water partition coefficient (Wildman–Crippen LogP) is 1.66. The number of fused-ring (bicyclic) bond motifs is 2. The predicted molar refractivity (Wildman–Crippen MR) is 71.9 cm³/mol. The smallest absolute Gasteiger partial charge is 0.246 e. The minimum Gasteiger partial charge on any atom is -0.633 e. The second kappa shape index (κ2) is 4.06. The van der Waals surface area contributed by atoms with Gasteiger partial charge in [0.15, 0.2) is 0 Å². The zero-order chi connectivity index (χ0) is 13.0. The van der Waals surface area contributed by atoms with E-state index in [0.717, 1.165) is 51.7 Å². The van der Waals surface area contributed by atoms with Crippen molar-refractivity contribution in [2.75, 3.05) is 19.6 Å². The second-order valence-electron chi connectivity index (χ2n) is 6.79. The third kappa shape index (κ3) is 1.62. The van der Waals surface area contributed by atoms with Crippen LogP contribution in [0.15, 0.2) is 12.2 Å². The molecule has 0 bridgehead atoms. The number of rotatable bonds is 0. The maximum absolute atomic E-state index is 13.1. The summed E-state index contributed by atoms with van der Waals surface area (Å²) in [5, 5.41) is 13.1. The van der Waals surface area contributed by atoms with E-state index in [4.69, 9.17) is 0 Å². The first-order chi connectivity index (χ1) is 9.19. The maximum Gasteiger partial charge on any atom is 0.246 e. The number of quaternary nitrogens is 1. The molecule has 0 saturated carbocycles. The number of carbonyl (C=O) groups excluding carboxylic acids is 1. The van der Waals surface area contributed by atoms with Crippen LogP contribution in [0.4, 0.5) is 0 Å². The van der Waals surface area contributed by atoms with Crippen LogP contribution in [-0.2, 0) is 4.79 Å². The highest BCUT2D eigenvalue weighted by Crippen LogP contribution is 2.47. The molecule has 4 nitrogen and oxygen atoms in total. The van der Waals surface area contributed by atoms with E-state index in [1.54, 1.807) is 6.08 Å². The molecule has 1 amide bonds. The first kappa shape index (κ1) is 11.9. The van der Waals surface area contributed by atoms with Crippen molar-refractivity contribution >= 4 is 5.91 Å². The summed E-state index contributed by atoms with van der Waals surface area (Å²) >= 11 is 0. The van der Waals surface area contributed by atoms with Crippen molar-refractivity contribution in [3.63, 3.8) is 0 Å². The van der Waals surface area contributed by atoms with Gasteiger partial charge in [-0.05, 0) is 38.2 Å². The highest BCUT2D eigenvalue weighted by atomic mass is 16.5. The molecule has 104 valence electrons. The molecule has 19 heavy (non-hydrogen) atoms. The lowest BCUT2D eigenvalue weighted by atomic mass is 9.68. The van der Waals surface area contributed by atoms with E-state index in [9.17, 15) is 10.0 Å². The average Bonchev–Trinajstić information content (AvgIpc) is 2.40. The molecule has 4 rings (SSSR count). The van der Waals surface area contributed by atoms with E-state index >= 15 is 0 Å². The molecule has 0 N–H and O–H groups in total. The van der Waals surface area contributed by atoms with Crippen LogP contribution < -0.4 is 0 Å². The number of hydroxylamine groups is 3. The molecule has 0 radical (unpaired) electrons. The number of piperidine rings is 3. The fourth-order valence-electron chi connectivity index (χ4n) is 5.25. The van der Waals surface area contributed by atoms with E-state index < -0.39 is 0 Å². The number of carbonyl (C=O) groups is 1. The Bertz CT molecular complexity index is 432. The third-order valence-corrected chi connectivity index (χ3v) is 5.90. The molecule has 3 fully saturated rings. The molecule has 0 aromatic carbocycles. The van der Waals surface area contributed by atoms with Crippen LogP contribution in [0, 0.1) is 17.0 Å². The highest BCUT2D eigenvalue weighted by Gasteiger charge is 2.54. The maximum atomic E-state index is 13.1. The van der Waals surface area contributed by atoms with Crippen molar-refractivity contribution in [2.24, 2.45) is 11.8 Å². The Hall–Kier alpha value is -0.870. The van der Waals surface area contributed by atoms with Crippen LogP contribution in [0.2, 0.25) is 0 Å². The summed E-state index contributed by atoms with van der Waals surface area (Å²) in [4.78, 5) is 14.2. The zero-order valence-electron chi connectivity index (χ0n) is 11.3. The van der Waals surface area contributed by atoms with E-state index in [1.807, 2.05) is 6.08 Å². The van der Waals surface area contributed by atoms with Crippen molar-refractivity contribution < 1.29 is 9.44 Å². The molecule has 4 heteroatoms. The molecule has 0 aromatic heterocycles. The van der Waals surface area contributed by atoms with Crippen LogP contribution in [0.3, 0.4) is 0 Å². The summed E-state index contributed by atoms with van der Waals surface area (Å²) in [6, 6.07) is 0.589. The number of amides is 1. The second-order valence-corrected chi connectivity index (χ2v) is 6.79. The van der Waals surface area contributed by atoms with Gasteiger partial charge in [0.2, 0.25) is 5.91 Å². The third-order valence-electron chi connectivity index (χ3n) is 5.90. The fourth-order valence-corrected chi connectivity index (χ4v) is 5.25. The lowest BCUT2D eigenvalue weighted by Crippen LogP contribution is -2.71. The molecule has 5 atom stereocenters. The molecular weight excluding hydrogens is 240 g/mol. The summed E-state index contributed by atoms with van der Waals surface area (Å²) in [5.41, 5.74) is 0. The van der Waals surface area contributed by atoms with Crippen molar-refractivity contribution in [1.82, 2.24) is 4.90 Å². The number of hydrogen-bond acceptors (Lipinski definition) is 2. The monoisotopic (exact) mass is 262 g/mol. The Morgan fingerprint density at radius 3 is 2.89 bits per heavy atom. The SMILES string of the molecule is O=C1C=CC[C@H]2[C@H]3CCC[N+]4([O-])CCC[C@H](CN12)[C@@H]34. The van der Waals surface area contributed by atoms with E-state index in [-0.39, 0.29) is 16.6 Å². The molecule has 3 saturated heterocycles. The van der Waals surface area contributed by atoms with Gasteiger partial charge in [0.1, 0.15) is 0 Å². The van der Waals surface area contributed by atoms with Crippen molar-refractivity contribution in [3.05, 3.63) is 17.4 Å². The molecule has 4 heterocycles. The van der Waals surface area contributed by atoms with Gasteiger partial charge >= 0.3 is 0 Å². The van der Waals surface area contributed by atoms with Crippen LogP contribution >= 0.6 is 0 Å². The van der Waals surface area contributed by atoms with Crippen molar-refractivity contribution in [3.8, 4) is 0 Å². The van der Waals surface area contributed by atoms with Crippen LogP contribution in [0.1, 0.15) is 32.1 Å². The minimum absolute atomic E-state index is 0.0532. The summed E-state index contributed by atoms with van der Waals surface area (Å²) in [7, 11) is 0. The highest BCUT2D eigenvalue weighted by molar-refractivity contribution is 5.88. The van der Waals surface area contributed by atoms with Gasteiger partial charge in [0.05, 0.1) is 19.1 Å². The van der Waals surface area contributed by atoms with Crippen LogP contribution in [0.5, 0.6) is 0 Å². The molecule has 4 aliphatic heterocycles. The number of hydrogen-bond donors (Lipinski definition) is 0. The normalized spacial score (nSPS) is 48.7. The van der Waals surface area contributed by atoms with Gasteiger partial charge in [-0.25, -0.2) is 0 Å². The first-order valence-corrected chi connectivity index (χ1v) is 7.74. The van der Waals surface area contributed by atoms with Crippen LogP contribution in [-0.4, -0.2) is 47.2 Å². The summed E-state index contributed by atoms with van der Waals surface area (Å²) in [5.74, 6) is 1.07. The Balaban J connectivity index is 1.72. The van der Waals surface area contributed by atoms with Gasteiger partial charge in [-0.1, -0.05) is 6.08 Å². The average molecular weight is 262 g/mol.